The Balaban J connectivity index is 2.52. The van der Waals surface area contributed by atoms with Crippen LogP contribution in [0.25, 0.3) is 0 Å². The van der Waals surface area contributed by atoms with E-state index in [1.54, 1.807) is 0 Å². The van der Waals surface area contributed by atoms with Crippen LogP contribution < -0.4 is 11.2 Å². The molecule has 12 heteroatoms. The average molecular weight is 344 g/mol. The molecule has 0 saturated carbocycles. The third-order valence-corrected chi connectivity index (χ3v) is 3.48. The molecule has 0 aromatic carbocycles. The number of hydrogen-bond acceptors (Lipinski definition) is 6. The zero-order valence-corrected chi connectivity index (χ0v) is 11.2. The number of ether oxygens (including phenoxy) is 1. The third-order valence-electron chi connectivity index (χ3n) is 3.48. The van der Waals surface area contributed by atoms with E-state index in [1.807, 2.05) is 0 Å². The van der Waals surface area contributed by atoms with Gasteiger partial charge >= 0.3 is 11.9 Å². The van der Waals surface area contributed by atoms with Crippen molar-refractivity contribution in [3.63, 3.8) is 0 Å². The van der Waals surface area contributed by atoms with Crippen molar-refractivity contribution in [1.82, 2.24) is 9.55 Å². The van der Waals surface area contributed by atoms with Gasteiger partial charge in [0.2, 0.25) is 5.82 Å². The lowest BCUT2D eigenvalue weighted by atomic mass is 9.87. The van der Waals surface area contributed by atoms with Crippen molar-refractivity contribution in [1.29, 1.82) is 0 Å². The summed E-state index contributed by atoms with van der Waals surface area (Å²) < 4.78 is 57.4. The first-order chi connectivity index (χ1) is 10.6. The molecular formula is C11H12F4N2O6. The highest BCUT2D eigenvalue weighted by Crippen LogP contribution is 2.41. The van der Waals surface area contributed by atoms with E-state index in [0.29, 0.717) is 0 Å². The Labute approximate surface area is 124 Å². The number of aromatic nitrogens is 2. The molecule has 0 radical (unpaired) electrons. The van der Waals surface area contributed by atoms with Crippen molar-refractivity contribution in [3.8, 4) is 0 Å². The highest BCUT2D eigenvalue weighted by Gasteiger charge is 2.57. The smallest absolute Gasteiger partial charge is 0.394 e. The molecule has 1 aromatic rings. The van der Waals surface area contributed by atoms with Crippen LogP contribution in [-0.4, -0.2) is 56.0 Å². The van der Waals surface area contributed by atoms with Gasteiger partial charge in [0.05, 0.1) is 18.9 Å². The van der Waals surface area contributed by atoms with Gasteiger partial charge in [0.1, 0.15) is 18.1 Å². The summed E-state index contributed by atoms with van der Waals surface area (Å²) in [6.45, 7) is -1.04. The van der Waals surface area contributed by atoms with Crippen LogP contribution in [-0.2, 0) is 4.74 Å². The second kappa shape index (κ2) is 6.03. The number of nitrogens with one attached hydrogen (secondary N) is 1. The quantitative estimate of drug-likeness (QED) is 0.482. The minimum atomic E-state index is -5.08. The summed E-state index contributed by atoms with van der Waals surface area (Å²) in [4.78, 5) is 24.1. The van der Waals surface area contributed by atoms with E-state index in [-0.39, 0.29) is 10.8 Å². The number of nitrogens with zero attached hydrogens (tertiary/aromatic N) is 1. The second-order valence-electron chi connectivity index (χ2n) is 4.94. The summed E-state index contributed by atoms with van der Waals surface area (Å²) in [6.07, 6.45) is -13.4. The van der Waals surface area contributed by atoms with Gasteiger partial charge in [-0.15, -0.1) is 0 Å². The highest BCUT2D eigenvalue weighted by molar-refractivity contribution is 4.97. The zero-order chi connectivity index (χ0) is 17.5. The third kappa shape index (κ3) is 3.15. The maximum atomic E-state index is 13.3. The van der Waals surface area contributed by atoms with Crippen LogP contribution in [0.4, 0.5) is 17.6 Å². The zero-order valence-electron chi connectivity index (χ0n) is 11.2. The van der Waals surface area contributed by atoms with Crippen LogP contribution in [0.1, 0.15) is 6.23 Å². The van der Waals surface area contributed by atoms with Crippen LogP contribution in [0.5, 0.6) is 0 Å². The minimum Gasteiger partial charge on any atom is -0.394 e. The predicted molar refractivity (Wildman–Crippen MR) is 63.8 cm³/mol. The van der Waals surface area contributed by atoms with E-state index in [1.165, 1.54) is 4.98 Å². The molecule has 0 bridgehead atoms. The van der Waals surface area contributed by atoms with Gasteiger partial charge in [0, 0.05) is 0 Å². The van der Waals surface area contributed by atoms with Gasteiger partial charge in [0.25, 0.3) is 5.56 Å². The molecule has 2 heterocycles. The van der Waals surface area contributed by atoms with Crippen LogP contribution >= 0.6 is 0 Å². The van der Waals surface area contributed by atoms with Gasteiger partial charge in [-0.2, -0.15) is 17.6 Å². The molecule has 1 aromatic heterocycles. The summed E-state index contributed by atoms with van der Waals surface area (Å²) in [6, 6.07) is 0. The van der Waals surface area contributed by atoms with E-state index in [9.17, 15) is 37.4 Å². The van der Waals surface area contributed by atoms with Crippen molar-refractivity contribution in [3.05, 3.63) is 32.9 Å². The van der Waals surface area contributed by atoms with Crippen LogP contribution in [0, 0.1) is 11.7 Å². The highest BCUT2D eigenvalue weighted by atomic mass is 19.4. The number of rotatable bonds is 2. The van der Waals surface area contributed by atoms with Crippen molar-refractivity contribution in [2.24, 2.45) is 5.92 Å². The van der Waals surface area contributed by atoms with Crippen molar-refractivity contribution in [2.45, 2.75) is 30.7 Å². The summed E-state index contributed by atoms with van der Waals surface area (Å²) in [7, 11) is 0. The first-order valence-electron chi connectivity index (χ1n) is 6.28. The maximum Gasteiger partial charge on any atom is 0.397 e. The van der Waals surface area contributed by atoms with Crippen LogP contribution in [0.3, 0.4) is 0 Å². The van der Waals surface area contributed by atoms with Gasteiger partial charge in [-0.25, -0.2) is 4.79 Å². The molecule has 5 atom stereocenters. The van der Waals surface area contributed by atoms with Gasteiger partial charge in [-0.1, -0.05) is 0 Å². The number of aliphatic hydroxyl groups excluding tert-OH is 3. The topological polar surface area (TPSA) is 125 Å². The molecule has 1 aliphatic rings. The van der Waals surface area contributed by atoms with Gasteiger partial charge in [0.15, 0.2) is 6.23 Å². The fourth-order valence-corrected chi connectivity index (χ4v) is 2.37. The first kappa shape index (κ1) is 17.6. The monoisotopic (exact) mass is 344 g/mol. The summed E-state index contributed by atoms with van der Waals surface area (Å²) in [5.41, 5.74) is -2.72. The van der Waals surface area contributed by atoms with Crippen LogP contribution in [0.15, 0.2) is 15.8 Å². The normalized spacial score (nSPS) is 32.0. The van der Waals surface area contributed by atoms with E-state index in [0.717, 1.165) is 0 Å². The molecule has 1 fully saturated rings. The Morgan fingerprint density at radius 1 is 1.26 bits per heavy atom. The van der Waals surface area contributed by atoms with Crippen molar-refractivity contribution < 1.29 is 37.6 Å². The van der Waals surface area contributed by atoms with Gasteiger partial charge < -0.3 is 20.1 Å². The molecule has 2 rings (SSSR count). The summed E-state index contributed by atoms with van der Waals surface area (Å²) in [5, 5.41) is 28.4. The Bertz CT molecular complexity index is 686. The Morgan fingerprint density at radius 3 is 2.39 bits per heavy atom. The molecule has 0 unspecified atom stereocenters. The standard InChI is InChI=1S/C11H12F4N2O6/c12-3-1-17(10(22)16-8(3)21)9-7(20)5(11(13,14)15)6(19)4(2-18)23-9/h1,4-7,9,18-20H,2H2,(H,16,21,22)/t4-,5+,6-,7-,9-/m1/s1. The molecule has 23 heavy (non-hydrogen) atoms. The van der Waals surface area contributed by atoms with E-state index >= 15 is 0 Å². The molecule has 8 nitrogen and oxygen atoms in total. The van der Waals surface area contributed by atoms with E-state index in [2.05, 4.69) is 0 Å². The molecule has 1 saturated heterocycles. The molecule has 1 aliphatic heterocycles. The fraction of sp³-hybridized carbons (Fsp3) is 0.636. The second-order valence-corrected chi connectivity index (χ2v) is 4.94. The maximum absolute atomic E-state index is 13.3. The average Bonchev–Trinajstić information content (AvgIpc) is 2.42. The van der Waals surface area contributed by atoms with Gasteiger partial charge in [-0.3, -0.25) is 14.3 Å². The van der Waals surface area contributed by atoms with E-state index in [4.69, 9.17) is 9.84 Å². The number of aromatic amines is 1. The molecule has 130 valence electrons. The summed E-state index contributed by atoms with van der Waals surface area (Å²) >= 11 is 0. The van der Waals surface area contributed by atoms with Crippen molar-refractivity contribution >= 4 is 0 Å². The van der Waals surface area contributed by atoms with Crippen molar-refractivity contribution in [2.75, 3.05) is 6.61 Å². The molecular weight excluding hydrogens is 332 g/mol. The Hall–Kier alpha value is -1.76. The molecule has 0 spiro atoms. The fourth-order valence-electron chi connectivity index (χ4n) is 2.37. The molecule has 4 N–H and O–H groups in total. The number of hydrogen-bond donors (Lipinski definition) is 4. The van der Waals surface area contributed by atoms with Gasteiger partial charge in [-0.05, 0) is 0 Å². The Morgan fingerprint density at radius 2 is 1.87 bits per heavy atom. The number of halogens is 4. The lowest BCUT2D eigenvalue weighted by molar-refractivity contribution is -0.306. The largest absolute Gasteiger partial charge is 0.397 e. The minimum absolute atomic E-state index is 0.217. The number of H-pyrrole nitrogens is 1. The van der Waals surface area contributed by atoms with E-state index < -0.39 is 60.3 Å². The lowest BCUT2D eigenvalue weighted by Crippen LogP contribution is -2.59. The molecule has 0 amide bonds. The predicted octanol–water partition coefficient (Wildman–Crippen LogP) is -1.53. The number of aliphatic hydroxyl groups is 3. The SMILES string of the molecule is O=c1[nH]c(=O)n([C@@H]2O[C@H](CO)[C@@H](O)[C@H](C(F)(F)F)[C@H]2O)cc1F. The first-order valence-corrected chi connectivity index (χ1v) is 6.28. The molecule has 0 aliphatic carbocycles. The number of alkyl halides is 3. The van der Waals surface area contributed by atoms with Crippen LogP contribution in [0.2, 0.25) is 0 Å². The summed E-state index contributed by atoms with van der Waals surface area (Å²) in [5.74, 6) is -4.24. The Kier molecular flexibility index (Phi) is 4.61. The lowest BCUT2D eigenvalue weighted by Gasteiger charge is -2.43.